The van der Waals surface area contributed by atoms with Crippen molar-refractivity contribution in [2.75, 3.05) is 12.4 Å². The van der Waals surface area contributed by atoms with Crippen LogP contribution in [0.5, 0.6) is 0 Å². The highest BCUT2D eigenvalue weighted by Crippen LogP contribution is 2.32. The molecule has 0 amide bonds. The van der Waals surface area contributed by atoms with Gasteiger partial charge in [0.1, 0.15) is 10.4 Å². The molecule has 1 aromatic heterocycles. The molecule has 1 N–H and O–H groups in total. The summed E-state index contributed by atoms with van der Waals surface area (Å²) in [5, 5.41) is 2.68. The molecule has 0 saturated heterocycles. The lowest BCUT2D eigenvalue weighted by molar-refractivity contribution is -0.137. The van der Waals surface area contributed by atoms with E-state index in [4.69, 9.17) is 0 Å². The van der Waals surface area contributed by atoms with Crippen molar-refractivity contribution in [1.82, 2.24) is 4.98 Å². The first-order chi connectivity index (χ1) is 10.1. The van der Waals surface area contributed by atoms with Crippen molar-refractivity contribution in [3.63, 3.8) is 0 Å². The second-order valence-electron chi connectivity index (χ2n) is 4.29. The van der Waals surface area contributed by atoms with Crippen LogP contribution in [0, 0.1) is 0 Å². The summed E-state index contributed by atoms with van der Waals surface area (Å²) < 4.78 is 63.4. The smallest absolute Gasteiger partial charge is 0.373 e. The summed E-state index contributed by atoms with van der Waals surface area (Å²) in [5.41, 5.74) is -1.02. The third kappa shape index (κ3) is 3.41. The van der Waals surface area contributed by atoms with Crippen molar-refractivity contribution < 1.29 is 21.6 Å². The lowest BCUT2D eigenvalue weighted by Crippen LogP contribution is -2.08. The minimum atomic E-state index is -4.61. The summed E-state index contributed by atoms with van der Waals surface area (Å²) in [7, 11) is -2.54. The van der Waals surface area contributed by atoms with E-state index in [2.05, 4.69) is 26.2 Å². The molecule has 1 heterocycles. The van der Waals surface area contributed by atoms with Crippen molar-refractivity contribution >= 4 is 31.6 Å². The van der Waals surface area contributed by atoms with E-state index in [0.29, 0.717) is 6.07 Å². The molecular weight excluding hydrogens is 385 g/mol. The number of nitrogens with one attached hydrogen (secondary N) is 1. The highest BCUT2D eigenvalue weighted by Gasteiger charge is 2.32. The van der Waals surface area contributed by atoms with Crippen LogP contribution in [0.2, 0.25) is 0 Å². The van der Waals surface area contributed by atoms with Crippen LogP contribution in [0.3, 0.4) is 0 Å². The predicted octanol–water partition coefficient (Wildman–Crippen LogP) is 3.74. The Kier molecular flexibility index (Phi) is 4.48. The fourth-order valence-electron chi connectivity index (χ4n) is 1.73. The first-order valence-electron chi connectivity index (χ1n) is 5.92. The number of pyridine rings is 1. The predicted molar refractivity (Wildman–Crippen MR) is 78.4 cm³/mol. The Morgan fingerprint density at radius 2 is 1.82 bits per heavy atom. The molecule has 0 unspecified atom stereocenters. The van der Waals surface area contributed by atoms with Gasteiger partial charge in [0.05, 0.1) is 15.4 Å². The van der Waals surface area contributed by atoms with Crippen LogP contribution in [0.1, 0.15) is 5.56 Å². The van der Waals surface area contributed by atoms with E-state index in [1.54, 1.807) is 7.05 Å². The van der Waals surface area contributed by atoms with Crippen molar-refractivity contribution in [1.29, 1.82) is 0 Å². The summed E-state index contributed by atoms with van der Waals surface area (Å²) in [4.78, 5) is 3.39. The zero-order valence-corrected chi connectivity index (χ0v) is 13.6. The molecule has 22 heavy (non-hydrogen) atoms. The monoisotopic (exact) mass is 394 g/mol. The summed E-state index contributed by atoms with van der Waals surface area (Å²) in [6, 6.07) is 6.10. The van der Waals surface area contributed by atoms with Gasteiger partial charge in [-0.25, -0.2) is 13.4 Å². The number of aromatic nitrogens is 1. The number of nitrogens with zero attached hydrogens (tertiary/aromatic N) is 1. The maximum atomic E-state index is 12.7. The van der Waals surface area contributed by atoms with E-state index in [-0.39, 0.29) is 15.3 Å². The molecule has 2 aromatic rings. The molecule has 0 radical (unpaired) electrons. The molecule has 118 valence electrons. The Hall–Kier alpha value is -1.61. The topological polar surface area (TPSA) is 59.1 Å². The van der Waals surface area contributed by atoms with Crippen LogP contribution < -0.4 is 5.32 Å². The minimum Gasteiger partial charge on any atom is -0.373 e. The van der Waals surface area contributed by atoms with Gasteiger partial charge >= 0.3 is 6.18 Å². The number of hydrogen-bond acceptors (Lipinski definition) is 4. The van der Waals surface area contributed by atoms with Crippen molar-refractivity contribution in [2.24, 2.45) is 0 Å². The van der Waals surface area contributed by atoms with Gasteiger partial charge in [-0.1, -0.05) is 6.07 Å². The SMILES string of the molecule is CNc1cc(S(=O)(=O)c2cccc(C(F)(F)F)c2)cc(Br)n1. The van der Waals surface area contributed by atoms with Crippen molar-refractivity contribution in [3.05, 3.63) is 46.6 Å². The first kappa shape index (κ1) is 16.8. The van der Waals surface area contributed by atoms with E-state index < -0.39 is 26.5 Å². The standard InChI is InChI=1S/C13H10BrF3N2O2S/c1-18-12-7-10(6-11(14)19-12)22(20,21)9-4-2-3-8(5-9)13(15,16)17/h2-7H,1H3,(H,18,19). The number of anilines is 1. The number of alkyl halides is 3. The van der Waals surface area contributed by atoms with Gasteiger partial charge in [0.15, 0.2) is 0 Å². The molecule has 0 aliphatic rings. The Labute approximate surface area is 133 Å². The zero-order chi connectivity index (χ0) is 16.5. The summed E-state index contributed by atoms with van der Waals surface area (Å²) in [6.45, 7) is 0. The number of benzene rings is 1. The summed E-state index contributed by atoms with van der Waals surface area (Å²) in [6.07, 6.45) is -4.61. The van der Waals surface area contributed by atoms with Crippen LogP contribution >= 0.6 is 15.9 Å². The van der Waals surface area contributed by atoms with Gasteiger partial charge in [-0.05, 0) is 46.3 Å². The lowest BCUT2D eigenvalue weighted by Gasteiger charge is -2.10. The average Bonchev–Trinajstić information content (AvgIpc) is 2.45. The van der Waals surface area contributed by atoms with E-state index in [0.717, 1.165) is 18.2 Å². The second-order valence-corrected chi connectivity index (χ2v) is 7.05. The lowest BCUT2D eigenvalue weighted by atomic mass is 10.2. The maximum Gasteiger partial charge on any atom is 0.416 e. The number of halogens is 4. The normalized spacial score (nSPS) is 12.2. The molecule has 0 spiro atoms. The Balaban J connectivity index is 2.58. The van der Waals surface area contributed by atoms with Crippen molar-refractivity contribution in [2.45, 2.75) is 16.0 Å². The van der Waals surface area contributed by atoms with Crippen LogP contribution in [-0.4, -0.2) is 20.4 Å². The van der Waals surface area contributed by atoms with Crippen LogP contribution in [0.25, 0.3) is 0 Å². The molecule has 0 aliphatic heterocycles. The molecule has 9 heteroatoms. The second kappa shape index (κ2) is 5.88. The van der Waals surface area contributed by atoms with Gasteiger partial charge in [-0.15, -0.1) is 0 Å². The molecule has 1 aromatic carbocycles. The van der Waals surface area contributed by atoms with E-state index in [1.807, 2.05) is 0 Å². The number of sulfone groups is 1. The first-order valence-corrected chi connectivity index (χ1v) is 8.20. The number of rotatable bonds is 3. The molecule has 0 saturated carbocycles. The van der Waals surface area contributed by atoms with Crippen LogP contribution in [0.15, 0.2) is 50.8 Å². The Bertz CT molecular complexity index is 807. The zero-order valence-electron chi connectivity index (χ0n) is 11.1. The fourth-order valence-corrected chi connectivity index (χ4v) is 3.67. The largest absolute Gasteiger partial charge is 0.416 e. The maximum absolute atomic E-state index is 12.7. The van der Waals surface area contributed by atoms with Crippen LogP contribution in [-0.2, 0) is 16.0 Å². The Morgan fingerprint density at radius 3 is 2.41 bits per heavy atom. The Morgan fingerprint density at radius 1 is 1.14 bits per heavy atom. The van der Waals surface area contributed by atoms with Gasteiger partial charge in [0.25, 0.3) is 0 Å². The average molecular weight is 395 g/mol. The van der Waals surface area contributed by atoms with Gasteiger partial charge in [0, 0.05) is 7.05 Å². The van der Waals surface area contributed by atoms with Gasteiger partial charge < -0.3 is 5.32 Å². The fraction of sp³-hybridized carbons (Fsp3) is 0.154. The van der Waals surface area contributed by atoms with Gasteiger partial charge in [0.2, 0.25) is 9.84 Å². The summed E-state index contributed by atoms with van der Waals surface area (Å²) in [5.74, 6) is 0.278. The molecule has 0 aliphatic carbocycles. The highest BCUT2D eigenvalue weighted by atomic mass is 79.9. The minimum absolute atomic E-state index is 0.155. The van der Waals surface area contributed by atoms with E-state index in [9.17, 15) is 21.6 Å². The van der Waals surface area contributed by atoms with Gasteiger partial charge in [-0.3, -0.25) is 0 Å². The number of hydrogen-bond donors (Lipinski definition) is 1. The third-order valence-electron chi connectivity index (χ3n) is 2.81. The molecule has 2 rings (SSSR count). The van der Waals surface area contributed by atoms with Gasteiger partial charge in [-0.2, -0.15) is 13.2 Å². The summed E-state index contributed by atoms with van der Waals surface area (Å²) >= 11 is 3.07. The molecular formula is C13H10BrF3N2O2S. The van der Waals surface area contributed by atoms with Crippen molar-refractivity contribution in [3.8, 4) is 0 Å². The highest BCUT2D eigenvalue weighted by molar-refractivity contribution is 9.10. The molecule has 0 bridgehead atoms. The molecule has 0 atom stereocenters. The quantitative estimate of drug-likeness (QED) is 0.805. The molecule has 0 fully saturated rings. The molecule has 4 nitrogen and oxygen atoms in total. The van der Waals surface area contributed by atoms with Crippen LogP contribution in [0.4, 0.5) is 19.0 Å². The van der Waals surface area contributed by atoms with E-state index in [1.165, 1.54) is 12.1 Å². The van der Waals surface area contributed by atoms with E-state index >= 15 is 0 Å². The third-order valence-corrected chi connectivity index (χ3v) is 4.94.